The van der Waals surface area contributed by atoms with E-state index >= 15 is 0 Å². The third-order valence-corrected chi connectivity index (χ3v) is 4.86. The molecular weight excluding hydrogens is 428 g/mol. The molecule has 0 spiro atoms. The Bertz CT molecular complexity index is 1170. The largest absolute Gasteiger partial charge is 0.492 e. The Morgan fingerprint density at radius 3 is 2.57 bits per heavy atom. The predicted octanol–water partition coefficient (Wildman–Crippen LogP) is 3.76. The minimum atomic E-state index is -3.47. The molecule has 2 aromatic heterocycles. The minimum Gasteiger partial charge on any atom is -0.492 e. The highest BCUT2D eigenvalue weighted by molar-refractivity contribution is 7.92. The average Bonchev–Trinajstić information content (AvgIpc) is 3.02. The zero-order valence-corrected chi connectivity index (χ0v) is 18.2. The summed E-state index contributed by atoms with van der Waals surface area (Å²) in [6, 6.07) is 9.84. The molecular formula is C20H21ClN4O4S. The number of aromatic nitrogens is 2. The first-order valence-corrected chi connectivity index (χ1v) is 11.3. The van der Waals surface area contributed by atoms with E-state index in [0.717, 1.165) is 11.9 Å². The summed E-state index contributed by atoms with van der Waals surface area (Å²) in [5.41, 5.74) is 2.49. The molecule has 0 radical (unpaired) electrons. The van der Waals surface area contributed by atoms with Crippen LogP contribution in [-0.4, -0.2) is 36.7 Å². The summed E-state index contributed by atoms with van der Waals surface area (Å²) in [5, 5.41) is 3.01. The smallest absolute Gasteiger partial charge is 0.257 e. The first-order chi connectivity index (χ1) is 14.1. The van der Waals surface area contributed by atoms with Crippen molar-refractivity contribution in [1.29, 1.82) is 0 Å². The number of benzene rings is 1. The maximum atomic E-state index is 12.7. The quantitative estimate of drug-likeness (QED) is 0.572. The van der Waals surface area contributed by atoms with Crippen molar-refractivity contribution in [3.8, 4) is 17.1 Å². The number of anilines is 2. The number of nitrogens with zero attached hydrogens (tertiary/aromatic N) is 2. The molecule has 2 heterocycles. The van der Waals surface area contributed by atoms with E-state index in [1.807, 2.05) is 26.1 Å². The number of carbonyl (C=O) groups is 1. The summed E-state index contributed by atoms with van der Waals surface area (Å²) in [4.78, 5) is 17.1. The lowest BCUT2D eigenvalue weighted by atomic mass is 10.2. The molecule has 10 heteroatoms. The van der Waals surface area contributed by atoms with Crippen LogP contribution in [-0.2, 0) is 17.1 Å². The number of carbonyl (C=O) groups excluding carboxylic acids is 1. The third-order valence-electron chi connectivity index (χ3n) is 4.04. The van der Waals surface area contributed by atoms with Gasteiger partial charge in [-0.2, -0.15) is 0 Å². The van der Waals surface area contributed by atoms with Crippen LogP contribution in [0, 0.1) is 0 Å². The molecule has 0 unspecified atom stereocenters. The normalized spacial score (nSPS) is 11.2. The summed E-state index contributed by atoms with van der Waals surface area (Å²) in [5.74, 6) is 0.309. The second kappa shape index (κ2) is 8.76. The highest BCUT2D eigenvalue weighted by Gasteiger charge is 2.14. The minimum absolute atomic E-state index is 0.257. The predicted molar refractivity (Wildman–Crippen MR) is 118 cm³/mol. The van der Waals surface area contributed by atoms with Gasteiger partial charge in [-0.3, -0.25) is 14.5 Å². The molecule has 0 bridgehead atoms. The lowest BCUT2D eigenvalue weighted by Gasteiger charge is -2.09. The zero-order valence-electron chi connectivity index (χ0n) is 16.6. The molecule has 0 fully saturated rings. The monoisotopic (exact) mass is 448 g/mol. The molecule has 0 aliphatic carbocycles. The third kappa shape index (κ3) is 5.52. The van der Waals surface area contributed by atoms with Crippen molar-refractivity contribution in [1.82, 2.24) is 9.55 Å². The summed E-state index contributed by atoms with van der Waals surface area (Å²) in [7, 11) is -1.65. The molecule has 3 aromatic rings. The Morgan fingerprint density at radius 1 is 1.20 bits per heavy atom. The topological polar surface area (TPSA) is 102 Å². The fourth-order valence-electron chi connectivity index (χ4n) is 2.87. The molecule has 2 N–H and O–H groups in total. The van der Waals surface area contributed by atoms with Crippen LogP contribution in [0.1, 0.15) is 17.3 Å². The van der Waals surface area contributed by atoms with Crippen LogP contribution < -0.4 is 14.8 Å². The summed E-state index contributed by atoms with van der Waals surface area (Å²) >= 11 is 6.04. The molecule has 158 valence electrons. The van der Waals surface area contributed by atoms with Gasteiger partial charge in [0, 0.05) is 24.0 Å². The molecule has 8 nitrogen and oxygen atoms in total. The van der Waals surface area contributed by atoms with Crippen molar-refractivity contribution in [2.75, 3.05) is 22.9 Å². The molecule has 30 heavy (non-hydrogen) atoms. The molecule has 3 rings (SSSR count). The number of aryl methyl sites for hydroxylation is 1. The fraction of sp³-hybridized carbons (Fsp3) is 0.200. The van der Waals surface area contributed by atoms with Crippen molar-refractivity contribution in [2.45, 2.75) is 6.92 Å². The highest BCUT2D eigenvalue weighted by atomic mass is 35.5. The number of halogens is 1. The number of rotatable bonds is 7. The Hall–Kier alpha value is -3.04. The lowest BCUT2D eigenvalue weighted by molar-refractivity contribution is 0.102. The van der Waals surface area contributed by atoms with Gasteiger partial charge in [-0.25, -0.2) is 8.42 Å². The van der Waals surface area contributed by atoms with E-state index in [1.54, 1.807) is 23.0 Å². The Kier molecular flexibility index (Phi) is 6.33. The van der Waals surface area contributed by atoms with E-state index in [0.29, 0.717) is 29.3 Å². The van der Waals surface area contributed by atoms with Crippen LogP contribution in [0.25, 0.3) is 11.4 Å². The van der Waals surface area contributed by atoms with E-state index in [1.165, 1.54) is 18.2 Å². The molecule has 0 aliphatic rings. The summed E-state index contributed by atoms with van der Waals surface area (Å²) in [6.07, 6.45) is 4.35. The zero-order chi connectivity index (χ0) is 21.9. The highest BCUT2D eigenvalue weighted by Crippen LogP contribution is 2.25. The maximum Gasteiger partial charge on any atom is 0.257 e. The number of amides is 1. The van der Waals surface area contributed by atoms with Gasteiger partial charge in [0.1, 0.15) is 5.75 Å². The van der Waals surface area contributed by atoms with Gasteiger partial charge in [0.25, 0.3) is 5.91 Å². The number of nitrogens with one attached hydrogen (secondary N) is 2. The lowest BCUT2D eigenvalue weighted by Crippen LogP contribution is -2.13. The Labute approximate surface area is 179 Å². The van der Waals surface area contributed by atoms with Crippen molar-refractivity contribution in [3.63, 3.8) is 0 Å². The molecule has 0 aliphatic heterocycles. The number of hydrogen-bond donors (Lipinski definition) is 2. The second-order valence-electron chi connectivity index (χ2n) is 6.59. The SMILES string of the molecule is CCOc1ccc(-c2cc(C(=O)Nc3cc(Cl)cc(NS(C)(=O)=O)c3)cn2C)nc1. The first-order valence-electron chi connectivity index (χ1n) is 9.00. The van der Waals surface area contributed by atoms with Gasteiger partial charge < -0.3 is 14.6 Å². The first kappa shape index (κ1) is 21.7. The van der Waals surface area contributed by atoms with E-state index in [-0.39, 0.29) is 16.6 Å². The number of hydrogen-bond acceptors (Lipinski definition) is 5. The average molecular weight is 449 g/mol. The second-order valence-corrected chi connectivity index (χ2v) is 8.78. The van der Waals surface area contributed by atoms with Crippen molar-refractivity contribution in [2.24, 2.45) is 7.05 Å². The van der Waals surface area contributed by atoms with Crippen LogP contribution in [0.5, 0.6) is 5.75 Å². The van der Waals surface area contributed by atoms with E-state index in [2.05, 4.69) is 15.0 Å². The van der Waals surface area contributed by atoms with E-state index in [9.17, 15) is 13.2 Å². The molecule has 0 atom stereocenters. The van der Waals surface area contributed by atoms with Gasteiger partial charge in [-0.1, -0.05) is 11.6 Å². The molecule has 1 aromatic carbocycles. The van der Waals surface area contributed by atoms with E-state index in [4.69, 9.17) is 16.3 Å². The van der Waals surface area contributed by atoms with E-state index < -0.39 is 10.0 Å². The van der Waals surface area contributed by atoms with Crippen molar-refractivity contribution < 1.29 is 17.9 Å². The van der Waals surface area contributed by atoms with Crippen LogP contribution >= 0.6 is 11.6 Å². The van der Waals surface area contributed by atoms with Crippen molar-refractivity contribution >= 4 is 38.9 Å². The molecule has 0 saturated carbocycles. The van der Waals surface area contributed by atoms with Gasteiger partial charge in [0.15, 0.2) is 0 Å². The standard InChI is InChI=1S/C20H21ClN4O4S/c1-4-29-17-5-6-18(22-11-17)19-7-13(12-25(19)2)20(26)23-15-8-14(21)9-16(10-15)24-30(3,27)28/h5-12,24H,4H2,1-3H3,(H,23,26). The van der Waals surface area contributed by atoms with Gasteiger partial charge in [-0.05, 0) is 43.3 Å². The summed E-state index contributed by atoms with van der Waals surface area (Å²) in [6.45, 7) is 2.45. The van der Waals surface area contributed by atoms with Crippen molar-refractivity contribution in [3.05, 3.63) is 59.4 Å². The maximum absolute atomic E-state index is 12.7. The van der Waals surface area contributed by atoms with Crippen LogP contribution in [0.2, 0.25) is 5.02 Å². The Balaban J connectivity index is 1.81. The van der Waals surface area contributed by atoms with Crippen LogP contribution in [0.15, 0.2) is 48.8 Å². The number of ether oxygens (including phenoxy) is 1. The van der Waals surface area contributed by atoms with Gasteiger partial charge in [0.05, 0.1) is 41.7 Å². The molecule has 0 saturated heterocycles. The fourth-order valence-corrected chi connectivity index (χ4v) is 3.65. The molecule has 1 amide bonds. The van der Waals surface area contributed by atoms with Gasteiger partial charge >= 0.3 is 0 Å². The summed E-state index contributed by atoms with van der Waals surface area (Å²) < 4.78 is 32.4. The van der Waals surface area contributed by atoms with Gasteiger partial charge in [0.2, 0.25) is 10.0 Å². The van der Waals surface area contributed by atoms with Crippen LogP contribution in [0.4, 0.5) is 11.4 Å². The van der Waals surface area contributed by atoms with Gasteiger partial charge in [-0.15, -0.1) is 0 Å². The Morgan fingerprint density at radius 2 is 1.93 bits per heavy atom. The number of sulfonamides is 1. The number of pyridine rings is 1. The van der Waals surface area contributed by atoms with Crippen LogP contribution in [0.3, 0.4) is 0 Å².